The Kier molecular flexibility index (Phi) is 3.92. The van der Waals surface area contributed by atoms with Gasteiger partial charge in [0, 0.05) is 10.6 Å². The van der Waals surface area contributed by atoms with Crippen LogP contribution in [0.2, 0.25) is 5.02 Å². The van der Waals surface area contributed by atoms with E-state index in [1.165, 1.54) is 18.2 Å². The van der Waals surface area contributed by atoms with Crippen LogP contribution in [0.15, 0.2) is 42.5 Å². The molecule has 0 aliphatic carbocycles. The van der Waals surface area contributed by atoms with Crippen LogP contribution in [0.1, 0.15) is 15.9 Å². The molecular formula is C14H11ClO4. The first kappa shape index (κ1) is 13.2. The van der Waals surface area contributed by atoms with Crippen molar-refractivity contribution in [2.24, 2.45) is 0 Å². The fourth-order valence-corrected chi connectivity index (χ4v) is 1.74. The second kappa shape index (κ2) is 5.63. The van der Waals surface area contributed by atoms with E-state index in [1.54, 1.807) is 6.07 Å². The monoisotopic (exact) mass is 278 g/mol. The van der Waals surface area contributed by atoms with E-state index in [0.717, 1.165) is 5.56 Å². The zero-order chi connectivity index (χ0) is 13.8. The van der Waals surface area contributed by atoms with Crippen molar-refractivity contribution >= 4 is 17.6 Å². The van der Waals surface area contributed by atoms with Crippen molar-refractivity contribution in [3.05, 3.63) is 58.6 Å². The van der Waals surface area contributed by atoms with Crippen LogP contribution in [0.3, 0.4) is 0 Å². The van der Waals surface area contributed by atoms with Crippen LogP contribution in [0, 0.1) is 0 Å². The van der Waals surface area contributed by atoms with E-state index in [2.05, 4.69) is 0 Å². The zero-order valence-electron chi connectivity index (χ0n) is 9.84. The molecule has 0 aliphatic rings. The predicted molar refractivity (Wildman–Crippen MR) is 70.9 cm³/mol. The van der Waals surface area contributed by atoms with Gasteiger partial charge in [0.25, 0.3) is 0 Å². The van der Waals surface area contributed by atoms with Crippen LogP contribution in [0.25, 0.3) is 0 Å². The lowest BCUT2D eigenvalue weighted by molar-refractivity contribution is 0.0693. The zero-order valence-corrected chi connectivity index (χ0v) is 10.6. The highest BCUT2D eigenvalue weighted by Crippen LogP contribution is 2.24. The summed E-state index contributed by atoms with van der Waals surface area (Å²) in [6, 6.07) is 11.3. The SMILES string of the molecule is O=C(O)c1cc(OCc2ccccc2Cl)ccc1O. The van der Waals surface area contributed by atoms with Crippen molar-refractivity contribution in [1.82, 2.24) is 0 Å². The molecule has 4 nitrogen and oxygen atoms in total. The summed E-state index contributed by atoms with van der Waals surface area (Å²) >= 11 is 5.98. The molecule has 2 aromatic carbocycles. The maximum atomic E-state index is 10.9. The summed E-state index contributed by atoms with van der Waals surface area (Å²) in [6.45, 7) is 0.226. The molecule has 0 bridgehead atoms. The molecule has 0 spiro atoms. The highest BCUT2D eigenvalue weighted by Gasteiger charge is 2.11. The molecule has 5 heteroatoms. The van der Waals surface area contributed by atoms with Crippen molar-refractivity contribution in [2.75, 3.05) is 0 Å². The molecular weight excluding hydrogens is 268 g/mol. The number of ether oxygens (including phenoxy) is 1. The van der Waals surface area contributed by atoms with E-state index in [9.17, 15) is 9.90 Å². The van der Waals surface area contributed by atoms with E-state index in [1.807, 2.05) is 18.2 Å². The highest BCUT2D eigenvalue weighted by atomic mass is 35.5. The summed E-state index contributed by atoms with van der Waals surface area (Å²) in [5.41, 5.74) is 0.603. The van der Waals surface area contributed by atoms with Crippen molar-refractivity contribution in [3.63, 3.8) is 0 Å². The Hall–Kier alpha value is -2.20. The van der Waals surface area contributed by atoms with E-state index in [0.29, 0.717) is 10.8 Å². The molecule has 0 amide bonds. The molecule has 0 fully saturated rings. The molecule has 98 valence electrons. The summed E-state index contributed by atoms with van der Waals surface area (Å²) in [5, 5.41) is 18.8. The van der Waals surface area contributed by atoms with Crippen LogP contribution in [0.4, 0.5) is 0 Å². The first-order valence-corrected chi connectivity index (χ1v) is 5.88. The topological polar surface area (TPSA) is 66.8 Å². The summed E-state index contributed by atoms with van der Waals surface area (Å²) in [4.78, 5) is 10.9. The Morgan fingerprint density at radius 1 is 1.21 bits per heavy atom. The van der Waals surface area contributed by atoms with Crippen LogP contribution in [0.5, 0.6) is 11.5 Å². The van der Waals surface area contributed by atoms with Crippen molar-refractivity contribution in [2.45, 2.75) is 6.61 Å². The Bertz CT molecular complexity index is 610. The van der Waals surface area contributed by atoms with Gasteiger partial charge in [-0.25, -0.2) is 4.79 Å². The summed E-state index contributed by atoms with van der Waals surface area (Å²) in [7, 11) is 0. The maximum Gasteiger partial charge on any atom is 0.339 e. The minimum atomic E-state index is -1.21. The maximum absolute atomic E-state index is 10.9. The second-order valence-corrected chi connectivity index (χ2v) is 4.27. The molecule has 0 atom stereocenters. The third-order valence-electron chi connectivity index (χ3n) is 2.55. The summed E-state index contributed by atoms with van der Waals surface area (Å²) in [5.74, 6) is -1.14. The average molecular weight is 279 g/mol. The third kappa shape index (κ3) is 3.17. The number of aromatic carboxylic acids is 1. The largest absolute Gasteiger partial charge is 0.507 e. The van der Waals surface area contributed by atoms with E-state index in [-0.39, 0.29) is 17.9 Å². The molecule has 0 heterocycles. The van der Waals surface area contributed by atoms with Crippen molar-refractivity contribution in [1.29, 1.82) is 0 Å². The number of phenols is 1. The number of hydrogen-bond donors (Lipinski definition) is 2. The molecule has 2 rings (SSSR count). The lowest BCUT2D eigenvalue weighted by Gasteiger charge is -2.09. The lowest BCUT2D eigenvalue weighted by Crippen LogP contribution is -2.00. The number of hydrogen-bond acceptors (Lipinski definition) is 3. The molecule has 2 N–H and O–H groups in total. The summed E-state index contributed by atoms with van der Waals surface area (Å²) < 4.78 is 5.46. The van der Waals surface area contributed by atoms with Gasteiger partial charge in [0.2, 0.25) is 0 Å². The Balaban J connectivity index is 2.14. The molecule has 0 aromatic heterocycles. The number of aromatic hydroxyl groups is 1. The number of benzene rings is 2. The lowest BCUT2D eigenvalue weighted by atomic mass is 10.2. The van der Waals surface area contributed by atoms with Crippen LogP contribution in [-0.2, 0) is 6.61 Å². The predicted octanol–water partition coefficient (Wildman–Crippen LogP) is 3.32. The number of carbonyl (C=O) groups is 1. The van der Waals surface area contributed by atoms with Crippen LogP contribution >= 0.6 is 11.6 Å². The minimum absolute atomic E-state index is 0.198. The fraction of sp³-hybridized carbons (Fsp3) is 0.0714. The normalized spacial score (nSPS) is 10.2. The second-order valence-electron chi connectivity index (χ2n) is 3.86. The van der Waals surface area contributed by atoms with Crippen LogP contribution in [-0.4, -0.2) is 16.2 Å². The van der Waals surface area contributed by atoms with Gasteiger partial charge in [-0.15, -0.1) is 0 Å². The van der Waals surface area contributed by atoms with E-state index < -0.39 is 5.97 Å². The van der Waals surface area contributed by atoms with E-state index in [4.69, 9.17) is 21.4 Å². The molecule has 19 heavy (non-hydrogen) atoms. The average Bonchev–Trinajstić information content (AvgIpc) is 2.39. The smallest absolute Gasteiger partial charge is 0.339 e. The molecule has 0 saturated carbocycles. The van der Waals surface area contributed by atoms with Gasteiger partial charge < -0.3 is 14.9 Å². The number of carboxylic acid groups (broad SMARTS) is 1. The molecule has 2 aromatic rings. The minimum Gasteiger partial charge on any atom is -0.507 e. The summed E-state index contributed by atoms with van der Waals surface area (Å²) in [6.07, 6.45) is 0. The van der Waals surface area contributed by atoms with Gasteiger partial charge in [0.15, 0.2) is 0 Å². The van der Waals surface area contributed by atoms with Gasteiger partial charge in [0.1, 0.15) is 23.7 Å². The highest BCUT2D eigenvalue weighted by molar-refractivity contribution is 6.31. The van der Waals surface area contributed by atoms with Gasteiger partial charge in [-0.1, -0.05) is 29.8 Å². The standard InChI is InChI=1S/C14H11ClO4/c15-12-4-2-1-3-9(12)8-19-10-5-6-13(16)11(7-10)14(17)18/h1-7,16H,8H2,(H,17,18). The van der Waals surface area contributed by atoms with E-state index >= 15 is 0 Å². The quantitative estimate of drug-likeness (QED) is 0.900. The Labute approximate surface area is 114 Å². The van der Waals surface area contributed by atoms with Gasteiger partial charge in [-0.2, -0.15) is 0 Å². The van der Waals surface area contributed by atoms with Gasteiger partial charge in [-0.3, -0.25) is 0 Å². The van der Waals surface area contributed by atoms with Crippen molar-refractivity contribution < 1.29 is 19.7 Å². The first-order chi connectivity index (χ1) is 9.08. The number of rotatable bonds is 4. The Morgan fingerprint density at radius 3 is 2.63 bits per heavy atom. The molecule has 0 unspecified atom stereocenters. The molecule has 0 saturated heterocycles. The number of carboxylic acids is 1. The van der Waals surface area contributed by atoms with Gasteiger partial charge in [-0.05, 0) is 24.3 Å². The third-order valence-corrected chi connectivity index (χ3v) is 2.92. The molecule has 0 aliphatic heterocycles. The molecule has 0 radical (unpaired) electrons. The fourth-order valence-electron chi connectivity index (χ4n) is 1.55. The van der Waals surface area contributed by atoms with Gasteiger partial charge in [0.05, 0.1) is 0 Å². The van der Waals surface area contributed by atoms with Crippen LogP contribution < -0.4 is 4.74 Å². The first-order valence-electron chi connectivity index (χ1n) is 5.50. The van der Waals surface area contributed by atoms with Gasteiger partial charge >= 0.3 is 5.97 Å². The number of halogens is 1. The Morgan fingerprint density at radius 2 is 1.95 bits per heavy atom. The van der Waals surface area contributed by atoms with Crippen molar-refractivity contribution in [3.8, 4) is 11.5 Å².